The Bertz CT molecular complexity index is 814. The van der Waals surface area contributed by atoms with E-state index in [9.17, 15) is 9.18 Å². The molecule has 0 fully saturated rings. The second kappa shape index (κ2) is 4.74. The lowest BCUT2D eigenvalue weighted by Crippen LogP contribution is -2.03. The quantitative estimate of drug-likeness (QED) is 0.572. The number of nitrogens with zero attached hydrogens (tertiary/aromatic N) is 1. The van der Waals surface area contributed by atoms with Crippen LogP contribution >= 0.6 is 0 Å². The predicted octanol–water partition coefficient (Wildman–Crippen LogP) is 3.19. The van der Waals surface area contributed by atoms with E-state index in [1.54, 1.807) is 30.5 Å². The molecule has 1 heterocycles. The van der Waals surface area contributed by atoms with Gasteiger partial charge >= 0.3 is 0 Å². The van der Waals surface area contributed by atoms with Gasteiger partial charge < -0.3 is 5.73 Å². The number of nitrogens with two attached hydrogens (primary N) is 1. The number of hydrogen-bond acceptors (Lipinski definition) is 3. The van der Waals surface area contributed by atoms with E-state index in [0.717, 1.165) is 17.0 Å². The zero-order valence-corrected chi connectivity index (χ0v) is 10.5. The van der Waals surface area contributed by atoms with Gasteiger partial charge in [0.25, 0.3) is 0 Å². The molecule has 4 heteroatoms. The highest BCUT2D eigenvalue weighted by Gasteiger charge is 2.11. The van der Waals surface area contributed by atoms with Crippen LogP contribution in [-0.4, -0.2) is 10.8 Å². The molecule has 98 valence electrons. The van der Waals surface area contributed by atoms with Gasteiger partial charge in [0.05, 0.1) is 11.2 Å². The Hall–Kier alpha value is -2.75. The third-order valence-corrected chi connectivity index (χ3v) is 3.13. The van der Waals surface area contributed by atoms with Crippen LogP contribution in [0.15, 0.2) is 54.7 Å². The minimum absolute atomic E-state index is 0.0317. The number of carbonyl (C=O) groups excluding carboxylic acids is 1. The van der Waals surface area contributed by atoms with E-state index in [1.807, 2.05) is 6.07 Å². The Kier molecular flexibility index (Phi) is 2.91. The van der Waals surface area contributed by atoms with Crippen molar-refractivity contribution in [2.24, 2.45) is 0 Å². The van der Waals surface area contributed by atoms with Gasteiger partial charge in [-0.25, -0.2) is 4.39 Å². The molecular weight excluding hydrogens is 255 g/mol. The Labute approximate surface area is 114 Å². The molecule has 0 spiro atoms. The van der Waals surface area contributed by atoms with Gasteiger partial charge in [0.15, 0.2) is 5.78 Å². The Morgan fingerprint density at radius 3 is 2.60 bits per heavy atom. The molecule has 0 radical (unpaired) electrons. The summed E-state index contributed by atoms with van der Waals surface area (Å²) in [6.07, 6.45) is 1.69. The third kappa shape index (κ3) is 2.12. The lowest BCUT2D eigenvalue weighted by molar-refractivity contribution is 0.103. The molecule has 1 aromatic heterocycles. The summed E-state index contributed by atoms with van der Waals surface area (Å²) in [4.78, 5) is 16.5. The number of carbonyl (C=O) groups is 1. The molecular formula is C16H11FN2O. The predicted molar refractivity (Wildman–Crippen MR) is 76.0 cm³/mol. The molecule has 0 unspecified atom stereocenters. The summed E-state index contributed by atoms with van der Waals surface area (Å²) in [5.41, 5.74) is 7.02. The van der Waals surface area contributed by atoms with Crippen molar-refractivity contribution in [1.29, 1.82) is 0 Å². The van der Waals surface area contributed by atoms with Crippen molar-refractivity contribution in [3.63, 3.8) is 0 Å². The molecule has 0 bridgehead atoms. The summed E-state index contributed by atoms with van der Waals surface area (Å²) < 4.78 is 13.4. The van der Waals surface area contributed by atoms with E-state index < -0.39 is 5.82 Å². The van der Waals surface area contributed by atoms with Crippen LogP contribution in [0.5, 0.6) is 0 Å². The highest BCUT2D eigenvalue weighted by atomic mass is 19.1. The van der Waals surface area contributed by atoms with E-state index in [4.69, 9.17) is 5.73 Å². The molecule has 20 heavy (non-hydrogen) atoms. The number of ketones is 1. The molecule has 0 aliphatic rings. The number of anilines is 1. The molecule has 3 aromatic rings. The van der Waals surface area contributed by atoms with Crippen molar-refractivity contribution in [3.8, 4) is 0 Å². The maximum absolute atomic E-state index is 13.4. The Balaban J connectivity index is 2.05. The van der Waals surface area contributed by atoms with Gasteiger partial charge in [-0.05, 0) is 42.5 Å². The number of halogens is 1. The van der Waals surface area contributed by atoms with E-state index >= 15 is 0 Å². The largest absolute Gasteiger partial charge is 0.396 e. The molecule has 2 aromatic carbocycles. The van der Waals surface area contributed by atoms with Crippen molar-refractivity contribution in [2.45, 2.75) is 0 Å². The van der Waals surface area contributed by atoms with Crippen molar-refractivity contribution < 1.29 is 9.18 Å². The van der Waals surface area contributed by atoms with Crippen LogP contribution in [-0.2, 0) is 0 Å². The van der Waals surface area contributed by atoms with Gasteiger partial charge in [-0.3, -0.25) is 9.78 Å². The fourth-order valence-electron chi connectivity index (χ4n) is 2.05. The van der Waals surface area contributed by atoms with E-state index in [-0.39, 0.29) is 17.0 Å². The lowest BCUT2D eigenvalue weighted by Gasteiger charge is -2.04. The third-order valence-electron chi connectivity index (χ3n) is 3.13. The first kappa shape index (κ1) is 12.3. The van der Waals surface area contributed by atoms with Crippen LogP contribution in [0, 0.1) is 5.82 Å². The molecule has 0 aliphatic carbocycles. The fourth-order valence-corrected chi connectivity index (χ4v) is 2.05. The fraction of sp³-hybridized carbons (Fsp3) is 0. The van der Waals surface area contributed by atoms with Crippen molar-refractivity contribution in [3.05, 3.63) is 71.7 Å². The van der Waals surface area contributed by atoms with Crippen molar-refractivity contribution in [2.75, 3.05) is 5.73 Å². The van der Waals surface area contributed by atoms with Gasteiger partial charge in [-0.2, -0.15) is 0 Å². The summed E-state index contributed by atoms with van der Waals surface area (Å²) in [5.74, 6) is -0.826. The molecule has 0 amide bonds. The smallest absolute Gasteiger partial charge is 0.193 e. The first-order valence-electron chi connectivity index (χ1n) is 6.09. The molecule has 3 rings (SSSR count). The number of pyridine rings is 1. The van der Waals surface area contributed by atoms with E-state index in [2.05, 4.69) is 4.98 Å². The molecule has 0 atom stereocenters. The van der Waals surface area contributed by atoms with Gasteiger partial charge in [0, 0.05) is 22.7 Å². The average molecular weight is 266 g/mol. The number of fused-ring (bicyclic) bond motifs is 1. The second-order valence-electron chi connectivity index (χ2n) is 4.48. The maximum atomic E-state index is 13.4. The van der Waals surface area contributed by atoms with Gasteiger partial charge in [0.2, 0.25) is 0 Å². The van der Waals surface area contributed by atoms with Crippen LogP contribution in [0.4, 0.5) is 10.1 Å². The van der Waals surface area contributed by atoms with Crippen molar-refractivity contribution in [1.82, 2.24) is 4.98 Å². The molecule has 0 aliphatic heterocycles. The van der Waals surface area contributed by atoms with Gasteiger partial charge in [-0.1, -0.05) is 6.07 Å². The van der Waals surface area contributed by atoms with Crippen molar-refractivity contribution >= 4 is 22.4 Å². The topological polar surface area (TPSA) is 56.0 Å². The summed E-state index contributed by atoms with van der Waals surface area (Å²) in [6.45, 7) is 0. The molecule has 0 saturated carbocycles. The highest BCUT2D eigenvalue weighted by Crippen LogP contribution is 2.19. The zero-order valence-electron chi connectivity index (χ0n) is 10.5. The number of nitrogen functional groups attached to an aromatic ring is 1. The molecule has 2 N–H and O–H groups in total. The standard InChI is InChI=1S/C16H11FN2O/c17-13-9-12(3-5-14(13)18)16(20)11-4-6-15-10(8-11)2-1-7-19-15/h1-9H,18H2. The summed E-state index contributed by atoms with van der Waals surface area (Å²) in [5, 5.41) is 0.870. The minimum Gasteiger partial charge on any atom is -0.396 e. The van der Waals surface area contributed by atoms with E-state index in [0.29, 0.717) is 5.56 Å². The summed E-state index contributed by atoms with van der Waals surface area (Å²) >= 11 is 0. The number of benzene rings is 2. The molecule has 0 saturated heterocycles. The minimum atomic E-state index is -0.585. The number of hydrogen-bond donors (Lipinski definition) is 1. The second-order valence-corrected chi connectivity index (χ2v) is 4.48. The number of aromatic nitrogens is 1. The average Bonchev–Trinajstić information content (AvgIpc) is 2.49. The zero-order chi connectivity index (χ0) is 14.1. The highest BCUT2D eigenvalue weighted by molar-refractivity contribution is 6.10. The lowest BCUT2D eigenvalue weighted by atomic mass is 10.0. The number of rotatable bonds is 2. The Morgan fingerprint density at radius 1 is 1.05 bits per heavy atom. The van der Waals surface area contributed by atoms with Crippen LogP contribution in [0.2, 0.25) is 0 Å². The van der Waals surface area contributed by atoms with Crippen LogP contribution in [0.25, 0.3) is 10.9 Å². The normalized spacial score (nSPS) is 10.7. The first-order chi connectivity index (χ1) is 9.65. The van der Waals surface area contributed by atoms with E-state index in [1.165, 1.54) is 12.1 Å². The van der Waals surface area contributed by atoms with Crippen LogP contribution < -0.4 is 5.73 Å². The van der Waals surface area contributed by atoms with Crippen LogP contribution in [0.1, 0.15) is 15.9 Å². The molecule has 3 nitrogen and oxygen atoms in total. The summed E-state index contributed by atoms with van der Waals surface area (Å²) in [7, 11) is 0. The monoisotopic (exact) mass is 266 g/mol. The Morgan fingerprint density at radius 2 is 1.80 bits per heavy atom. The maximum Gasteiger partial charge on any atom is 0.193 e. The van der Waals surface area contributed by atoms with Gasteiger partial charge in [0.1, 0.15) is 5.82 Å². The van der Waals surface area contributed by atoms with Gasteiger partial charge in [-0.15, -0.1) is 0 Å². The SMILES string of the molecule is Nc1ccc(C(=O)c2ccc3ncccc3c2)cc1F. The first-order valence-corrected chi connectivity index (χ1v) is 6.09. The van der Waals surface area contributed by atoms with Crippen LogP contribution in [0.3, 0.4) is 0 Å². The summed E-state index contributed by atoms with van der Waals surface area (Å²) in [6, 6.07) is 13.0.